The SMILES string of the molecule is N#CCNNC(=O)c1cc(-c2ccon2)n(Cc2ccccc2F)n1. The van der Waals surface area contributed by atoms with Gasteiger partial charge in [0.25, 0.3) is 5.91 Å². The Balaban J connectivity index is 1.92. The zero-order chi connectivity index (χ0) is 17.6. The van der Waals surface area contributed by atoms with Crippen LogP contribution in [0.5, 0.6) is 0 Å². The molecule has 9 heteroatoms. The second-order valence-corrected chi connectivity index (χ2v) is 5.01. The van der Waals surface area contributed by atoms with Crippen LogP contribution in [-0.2, 0) is 6.54 Å². The van der Waals surface area contributed by atoms with E-state index >= 15 is 0 Å². The summed E-state index contributed by atoms with van der Waals surface area (Å²) in [6, 6.07) is 11.3. The molecular formula is C16H13FN6O2. The van der Waals surface area contributed by atoms with Crippen molar-refractivity contribution in [1.82, 2.24) is 25.8 Å². The Kier molecular flexibility index (Phi) is 4.82. The summed E-state index contributed by atoms with van der Waals surface area (Å²) >= 11 is 0. The fourth-order valence-electron chi connectivity index (χ4n) is 2.22. The average molecular weight is 340 g/mol. The third-order valence-electron chi connectivity index (χ3n) is 3.36. The van der Waals surface area contributed by atoms with E-state index in [0.29, 0.717) is 17.0 Å². The van der Waals surface area contributed by atoms with Gasteiger partial charge in [0, 0.05) is 11.6 Å². The lowest BCUT2D eigenvalue weighted by molar-refractivity contribution is 0.0930. The van der Waals surface area contributed by atoms with E-state index in [0.717, 1.165) is 0 Å². The quantitative estimate of drug-likeness (QED) is 0.400. The molecule has 1 aromatic carbocycles. The fourth-order valence-corrected chi connectivity index (χ4v) is 2.22. The normalized spacial score (nSPS) is 10.4. The van der Waals surface area contributed by atoms with Crippen LogP contribution in [0.2, 0.25) is 0 Å². The highest BCUT2D eigenvalue weighted by molar-refractivity contribution is 5.93. The Bertz CT molecular complexity index is 913. The molecule has 3 aromatic rings. The fraction of sp³-hybridized carbons (Fsp3) is 0.125. The van der Waals surface area contributed by atoms with Crippen LogP contribution in [0.25, 0.3) is 11.4 Å². The van der Waals surface area contributed by atoms with Crippen LogP contribution in [0.4, 0.5) is 4.39 Å². The largest absolute Gasteiger partial charge is 0.364 e. The number of halogens is 1. The van der Waals surface area contributed by atoms with E-state index in [1.807, 2.05) is 6.07 Å². The summed E-state index contributed by atoms with van der Waals surface area (Å²) in [6.07, 6.45) is 1.39. The van der Waals surface area contributed by atoms with E-state index in [9.17, 15) is 9.18 Å². The monoisotopic (exact) mass is 340 g/mol. The lowest BCUT2D eigenvalue weighted by Gasteiger charge is -2.06. The van der Waals surface area contributed by atoms with Crippen molar-refractivity contribution in [3.05, 3.63) is 59.7 Å². The molecule has 0 spiro atoms. The zero-order valence-corrected chi connectivity index (χ0v) is 12.9. The molecule has 0 atom stereocenters. The van der Waals surface area contributed by atoms with Gasteiger partial charge in [-0.25, -0.2) is 9.82 Å². The van der Waals surface area contributed by atoms with Crippen molar-refractivity contribution < 1.29 is 13.7 Å². The summed E-state index contributed by atoms with van der Waals surface area (Å²) < 4.78 is 20.2. The number of hydrogen-bond donors (Lipinski definition) is 2. The van der Waals surface area contributed by atoms with Crippen molar-refractivity contribution in [2.24, 2.45) is 0 Å². The summed E-state index contributed by atoms with van der Waals surface area (Å²) in [7, 11) is 0. The number of nitriles is 1. The highest BCUT2D eigenvalue weighted by Gasteiger charge is 2.18. The number of carbonyl (C=O) groups excluding carboxylic acids is 1. The van der Waals surface area contributed by atoms with Gasteiger partial charge in [0.1, 0.15) is 24.3 Å². The zero-order valence-electron chi connectivity index (χ0n) is 12.9. The minimum atomic E-state index is -0.521. The van der Waals surface area contributed by atoms with Crippen LogP contribution in [0.3, 0.4) is 0 Å². The number of carbonyl (C=O) groups is 1. The van der Waals surface area contributed by atoms with Crippen molar-refractivity contribution in [3.63, 3.8) is 0 Å². The van der Waals surface area contributed by atoms with E-state index in [2.05, 4.69) is 21.1 Å². The topological polar surface area (TPSA) is 109 Å². The van der Waals surface area contributed by atoms with Gasteiger partial charge in [-0.1, -0.05) is 23.4 Å². The van der Waals surface area contributed by atoms with Gasteiger partial charge in [-0.15, -0.1) is 0 Å². The van der Waals surface area contributed by atoms with Crippen molar-refractivity contribution in [3.8, 4) is 17.5 Å². The standard InChI is InChI=1S/C16H13FN6O2/c17-12-4-2-1-3-11(12)10-23-15(13-5-8-25-22-13)9-14(21-23)16(24)20-19-7-6-18/h1-5,8-9,19H,7,10H2,(H,20,24). The Morgan fingerprint density at radius 1 is 1.36 bits per heavy atom. The summed E-state index contributed by atoms with van der Waals surface area (Å²) in [6.45, 7) is 0.0750. The van der Waals surface area contributed by atoms with Gasteiger partial charge in [0.05, 0.1) is 18.3 Å². The molecule has 2 heterocycles. The van der Waals surface area contributed by atoms with Crippen LogP contribution < -0.4 is 10.9 Å². The van der Waals surface area contributed by atoms with Crippen LogP contribution in [0.15, 0.2) is 47.2 Å². The minimum absolute atomic E-state index is 0.0438. The first-order valence-electron chi connectivity index (χ1n) is 7.31. The van der Waals surface area contributed by atoms with Gasteiger partial charge in [-0.05, 0) is 12.1 Å². The highest BCUT2D eigenvalue weighted by Crippen LogP contribution is 2.20. The van der Waals surface area contributed by atoms with Gasteiger partial charge in [-0.2, -0.15) is 10.4 Å². The molecule has 0 aliphatic rings. The Hall–Kier alpha value is -3.51. The number of amides is 1. The molecule has 25 heavy (non-hydrogen) atoms. The second kappa shape index (κ2) is 7.37. The Labute approximate surface area is 141 Å². The number of benzene rings is 1. The van der Waals surface area contributed by atoms with Gasteiger partial charge in [-0.3, -0.25) is 14.9 Å². The lowest BCUT2D eigenvalue weighted by atomic mass is 10.2. The molecule has 0 bridgehead atoms. The van der Waals surface area contributed by atoms with Crippen LogP contribution in [0, 0.1) is 17.1 Å². The number of aromatic nitrogens is 3. The first-order valence-corrected chi connectivity index (χ1v) is 7.31. The number of hydrazine groups is 1. The molecule has 1 amide bonds. The first kappa shape index (κ1) is 16.4. The molecule has 3 rings (SSSR count). The van der Waals surface area contributed by atoms with Crippen molar-refractivity contribution in [2.45, 2.75) is 6.54 Å². The molecule has 0 saturated heterocycles. The highest BCUT2D eigenvalue weighted by atomic mass is 19.1. The van der Waals surface area contributed by atoms with Gasteiger partial charge in [0.15, 0.2) is 5.69 Å². The molecule has 2 N–H and O–H groups in total. The van der Waals surface area contributed by atoms with E-state index < -0.39 is 5.91 Å². The summed E-state index contributed by atoms with van der Waals surface area (Å²) in [5.74, 6) is -0.891. The molecule has 0 radical (unpaired) electrons. The van der Waals surface area contributed by atoms with Crippen molar-refractivity contribution in [1.29, 1.82) is 5.26 Å². The molecule has 126 valence electrons. The average Bonchev–Trinajstić information content (AvgIpc) is 3.26. The smallest absolute Gasteiger partial charge is 0.285 e. The molecule has 0 aliphatic heterocycles. The predicted molar refractivity (Wildman–Crippen MR) is 84.3 cm³/mol. The number of rotatable bonds is 6. The summed E-state index contributed by atoms with van der Waals surface area (Å²) in [5, 5.41) is 16.5. The number of nitrogens with one attached hydrogen (secondary N) is 2. The second-order valence-electron chi connectivity index (χ2n) is 5.01. The van der Waals surface area contributed by atoms with Crippen LogP contribution in [0.1, 0.15) is 16.1 Å². The summed E-state index contributed by atoms with van der Waals surface area (Å²) in [5.41, 5.74) is 6.29. The van der Waals surface area contributed by atoms with E-state index in [1.54, 1.807) is 24.3 Å². The third-order valence-corrected chi connectivity index (χ3v) is 3.36. The third kappa shape index (κ3) is 3.70. The maximum absolute atomic E-state index is 13.9. The van der Waals surface area contributed by atoms with Crippen LogP contribution >= 0.6 is 0 Å². The molecule has 0 aliphatic carbocycles. The van der Waals surface area contributed by atoms with Crippen molar-refractivity contribution in [2.75, 3.05) is 6.54 Å². The number of nitrogens with zero attached hydrogens (tertiary/aromatic N) is 4. The predicted octanol–water partition coefficient (Wildman–Crippen LogP) is 1.48. The Morgan fingerprint density at radius 3 is 2.92 bits per heavy atom. The number of hydrogen-bond acceptors (Lipinski definition) is 6. The van der Waals surface area contributed by atoms with E-state index in [4.69, 9.17) is 9.78 Å². The summed E-state index contributed by atoms with van der Waals surface area (Å²) in [4.78, 5) is 12.1. The van der Waals surface area contributed by atoms with E-state index in [-0.39, 0.29) is 24.6 Å². The molecule has 0 fully saturated rings. The molecule has 0 unspecified atom stereocenters. The van der Waals surface area contributed by atoms with Crippen molar-refractivity contribution >= 4 is 5.91 Å². The van der Waals surface area contributed by atoms with Gasteiger partial charge < -0.3 is 4.52 Å². The van der Waals surface area contributed by atoms with E-state index in [1.165, 1.54) is 23.1 Å². The first-order chi connectivity index (χ1) is 12.2. The Morgan fingerprint density at radius 2 is 2.20 bits per heavy atom. The maximum Gasteiger partial charge on any atom is 0.285 e. The molecule has 0 saturated carbocycles. The van der Waals surface area contributed by atoms with Gasteiger partial charge >= 0.3 is 0 Å². The van der Waals surface area contributed by atoms with Crippen LogP contribution in [-0.4, -0.2) is 27.4 Å². The molecule has 2 aromatic heterocycles. The minimum Gasteiger partial charge on any atom is -0.364 e. The molecule has 8 nitrogen and oxygen atoms in total. The maximum atomic E-state index is 13.9. The lowest BCUT2D eigenvalue weighted by Crippen LogP contribution is -2.37. The molecular weight excluding hydrogens is 327 g/mol. The van der Waals surface area contributed by atoms with Gasteiger partial charge in [0.2, 0.25) is 0 Å².